The van der Waals surface area contributed by atoms with Gasteiger partial charge in [-0.25, -0.2) is 14.8 Å². The number of alkyl carbamates (subject to hydrolysis) is 1. The van der Waals surface area contributed by atoms with Crippen molar-refractivity contribution in [1.82, 2.24) is 35.1 Å². The number of amides is 3. The highest BCUT2D eigenvalue weighted by Crippen LogP contribution is 2.39. The van der Waals surface area contributed by atoms with E-state index < -0.39 is 6.09 Å². The first-order valence-electron chi connectivity index (χ1n) is 21.0. The van der Waals surface area contributed by atoms with E-state index in [9.17, 15) is 14.4 Å². The van der Waals surface area contributed by atoms with Crippen molar-refractivity contribution in [2.75, 3.05) is 20.2 Å². The summed E-state index contributed by atoms with van der Waals surface area (Å²) in [6.45, 7) is 9.74. The smallest absolute Gasteiger partial charge is 0.407 e. The number of aromatic amines is 2. The molecule has 58 heavy (non-hydrogen) atoms. The Kier molecular flexibility index (Phi) is 12.7. The van der Waals surface area contributed by atoms with Gasteiger partial charge in [0.2, 0.25) is 11.8 Å². The fourth-order valence-electron chi connectivity index (χ4n) is 8.84. The van der Waals surface area contributed by atoms with Crippen LogP contribution in [0.1, 0.15) is 108 Å². The third kappa shape index (κ3) is 8.73. The summed E-state index contributed by atoms with van der Waals surface area (Å²) in [5.41, 5.74) is 7.18. The largest absolute Gasteiger partial charge is 0.453 e. The second kappa shape index (κ2) is 18.3. The molecule has 5 aromatic rings. The molecule has 7 rings (SSSR count). The number of hydrogen-bond donors (Lipinski definition) is 3. The molecule has 4 heterocycles. The van der Waals surface area contributed by atoms with Crippen LogP contribution >= 0.6 is 0 Å². The lowest BCUT2D eigenvalue weighted by atomic mass is 9.81. The van der Waals surface area contributed by atoms with Gasteiger partial charge in [0.05, 0.1) is 48.9 Å². The molecule has 2 saturated heterocycles. The van der Waals surface area contributed by atoms with Crippen molar-refractivity contribution in [2.24, 2.45) is 11.8 Å². The molecule has 0 unspecified atom stereocenters. The molecule has 0 saturated carbocycles. The minimum Gasteiger partial charge on any atom is -0.453 e. The number of likely N-dealkylation sites (tertiary alicyclic amines) is 2. The van der Waals surface area contributed by atoms with E-state index in [1.54, 1.807) is 0 Å². The van der Waals surface area contributed by atoms with Crippen LogP contribution in [0.3, 0.4) is 0 Å². The summed E-state index contributed by atoms with van der Waals surface area (Å²) < 4.78 is 4.77. The standard InChI is InChI=1S/C47H57N7O4/c1-6-31(7-2)43(36-13-9-8-10-14-36)46(56)54-26-12-16-41(54)45-49-29-39(51-45)35-23-19-33(20-24-35)32-17-21-34(22-18-32)38-28-48-44(50-38)40-15-11-25-53(40)42(55)27-37(30(3)4)52-47(57)58-5/h8-10,13-14,17-24,28-31,37,40-41,43H,6-7,11-12,15-16,25-27H2,1-5H3,(H,48,50)(H,49,51)(H,52,57)/t37-,40+,41+,43-/m1/s1. The van der Waals surface area contributed by atoms with Crippen LogP contribution in [-0.2, 0) is 14.3 Å². The summed E-state index contributed by atoms with van der Waals surface area (Å²) >= 11 is 0. The van der Waals surface area contributed by atoms with Crippen molar-refractivity contribution in [3.63, 3.8) is 0 Å². The number of hydrogen-bond acceptors (Lipinski definition) is 6. The van der Waals surface area contributed by atoms with Crippen LogP contribution in [0.4, 0.5) is 4.79 Å². The minimum absolute atomic E-state index is 0.00375. The quantitative estimate of drug-likeness (QED) is 0.103. The molecule has 2 aromatic heterocycles. The lowest BCUT2D eigenvalue weighted by Crippen LogP contribution is -2.43. The maximum Gasteiger partial charge on any atom is 0.407 e. The minimum atomic E-state index is -0.529. The third-order valence-electron chi connectivity index (χ3n) is 12.3. The molecule has 0 aliphatic carbocycles. The van der Waals surface area contributed by atoms with Gasteiger partial charge in [0.1, 0.15) is 11.6 Å². The van der Waals surface area contributed by atoms with Gasteiger partial charge in [0, 0.05) is 25.6 Å². The number of methoxy groups -OCH3 is 1. The Bertz CT molecular complexity index is 2140. The highest BCUT2D eigenvalue weighted by Gasteiger charge is 2.39. The molecule has 2 aliphatic rings. The van der Waals surface area contributed by atoms with E-state index in [0.717, 1.165) is 95.9 Å². The molecular weight excluding hydrogens is 727 g/mol. The normalized spacial score (nSPS) is 17.8. The van der Waals surface area contributed by atoms with Gasteiger partial charge in [-0.15, -0.1) is 0 Å². The molecule has 4 atom stereocenters. The average Bonchev–Trinajstić information content (AvgIpc) is 4.10. The molecule has 0 radical (unpaired) electrons. The van der Waals surface area contributed by atoms with Crippen molar-refractivity contribution >= 4 is 17.9 Å². The van der Waals surface area contributed by atoms with E-state index in [-0.39, 0.29) is 54.1 Å². The van der Waals surface area contributed by atoms with E-state index >= 15 is 0 Å². The first-order valence-corrected chi connectivity index (χ1v) is 21.0. The van der Waals surface area contributed by atoms with Gasteiger partial charge in [-0.1, -0.05) is 119 Å². The van der Waals surface area contributed by atoms with Crippen molar-refractivity contribution in [3.8, 4) is 33.6 Å². The number of nitrogens with one attached hydrogen (secondary N) is 3. The monoisotopic (exact) mass is 783 g/mol. The summed E-state index contributed by atoms with van der Waals surface area (Å²) in [5, 5.41) is 2.81. The predicted molar refractivity (Wildman–Crippen MR) is 226 cm³/mol. The van der Waals surface area contributed by atoms with Gasteiger partial charge in [0.25, 0.3) is 0 Å². The van der Waals surface area contributed by atoms with Crippen LogP contribution in [-0.4, -0.2) is 73.9 Å². The maximum atomic E-state index is 14.3. The number of H-pyrrole nitrogens is 2. The lowest BCUT2D eigenvalue weighted by Gasteiger charge is -2.32. The molecule has 3 amide bonds. The number of carbonyl (C=O) groups is 3. The molecular formula is C47H57N7O4. The second-order valence-corrected chi connectivity index (χ2v) is 16.1. The Hall–Kier alpha value is -5.71. The van der Waals surface area contributed by atoms with Crippen LogP contribution in [0.2, 0.25) is 0 Å². The van der Waals surface area contributed by atoms with E-state index in [1.165, 1.54) is 7.11 Å². The Morgan fingerprint density at radius 3 is 1.74 bits per heavy atom. The van der Waals surface area contributed by atoms with Gasteiger partial charge in [-0.3, -0.25) is 9.59 Å². The summed E-state index contributed by atoms with van der Waals surface area (Å²) in [7, 11) is 1.33. The van der Waals surface area contributed by atoms with Gasteiger partial charge in [0.15, 0.2) is 0 Å². The fourth-order valence-corrected chi connectivity index (χ4v) is 8.84. The van der Waals surface area contributed by atoms with E-state index in [4.69, 9.17) is 14.7 Å². The molecule has 2 aliphatic heterocycles. The molecule has 2 fully saturated rings. The fraction of sp³-hybridized carbons (Fsp3) is 0.426. The highest BCUT2D eigenvalue weighted by molar-refractivity contribution is 5.85. The number of imidazole rings is 2. The molecule has 3 aromatic carbocycles. The third-order valence-corrected chi connectivity index (χ3v) is 12.3. The van der Waals surface area contributed by atoms with Gasteiger partial charge in [-0.2, -0.15) is 0 Å². The number of ether oxygens (including phenoxy) is 1. The Labute approximate surface area is 342 Å². The second-order valence-electron chi connectivity index (χ2n) is 16.1. The number of rotatable bonds is 14. The Morgan fingerprint density at radius 1 is 0.741 bits per heavy atom. The number of benzene rings is 3. The van der Waals surface area contributed by atoms with Crippen LogP contribution in [0.15, 0.2) is 91.3 Å². The topological polar surface area (TPSA) is 136 Å². The first kappa shape index (κ1) is 40.5. The number of nitrogens with zero attached hydrogens (tertiary/aromatic N) is 4. The zero-order valence-electron chi connectivity index (χ0n) is 34.4. The Balaban J connectivity index is 0.997. The molecule has 11 nitrogen and oxygen atoms in total. The maximum absolute atomic E-state index is 14.3. The van der Waals surface area contributed by atoms with Gasteiger partial charge in [-0.05, 0) is 65.3 Å². The predicted octanol–water partition coefficient (Wildman–Crippen LogP) is 9.45. The molecule has 0 bridgehead atoms. The molecule has 3 N–H and O–H groups in total. The SMILES string of the molecule is CCC(CC)[C@@H](C(=O)N1CCC[C@H]1c1ncc(-c2ccc(-c3ccc(-c4cnc([C@@H]5CCCN5C(=O)C[C@@H](NC(=O)OC)C(C)C)[nH]4)cc3)cc2)[nH]1)c1ccccc1. The van der Waals surface area contributed by atoms with E-state index in [0.29, 0.717) is 6.54 Å². The Morgan fingerprint density at radius 2 is 1.24 bits per heavy atom. The van der Waals surface area contributed by atoms with Crippen LogP contribution < -0.4 is 5.32 Å². The zero-order valence-corrected chi connectivity index (χ0v) is 34.4. The van der Waals surface area contributed by atoms with Crippen LogP contribution in [0, 0.1) is 11.8 Å². The summed E-state index contributed by atoms with van der Waals surface area (Å²) in [6, 6.07) is 26.6. The lowest BCUT2D eigenvalue weighted by molar-refractivity contribution is -0.135. The van der Waals surface area contributed by atoms with Crippen molar-refractivity contribution in [2.45, 2.75) is 96.7 Å². The molecule has 0 spiro atoms. The van der Waals surface area contributed by atoms with E-state index in [1.807, 2.05) is 49.3 Å². The molecule has 11 heteroatoms. The van der Waals surface area contributed by atoms with Crippen molar-refractivity contribution in [3.05, 3.63) is 108 Å². The molecule has 304 valence electrons. The van der Waals surface area contributed by atoms with E-state index in [2.05, 4.69) is 94.7 Å². The summed E-state index contributed by atoms with van der Waals surface area (Å²) in [4.78, 5) is 60.1. The number of carbonyl (C=O) groups excluding carboxylic acids is 3. The highest BCUT2D eigenvalue weighted by atomic mass is 16.5. The van der Waals surface area contributed by atoms with Gasteiger partial charge < -0.3 is 29.8 Å². The van der Waals surface area contributed by atoms with Crippen LogP contribution in [0.25, 0.3) is 33.6 Å². The van der Waals surface area contributed by atoms with Crippen molar-refractivity contribution < 1.29 is 19.1 Å². The summed E-state index contributed by atoms with van der Waals surface area (Å²) in [6.07, 6.45) is 8.91. The average molecular weight is 784 g/mol. The van der Waals surface area contributed by atoms with Crippen molar-refractivity contribution in [1.29, 1.82) is 0 Å². The van der Waals surface area contributed by atoms with Gasteiger partial charge >= 0.3 is 6.09 Å². The summed E-state index contributed by atoms with van der Waals surface area (Å²) in [5.74, 6) is 2.04. The zero-order chi connectivity index (χ0) is 40.8. The van der Waals surface area contributed by atoms with Crippen LogP contribution in [0.5, 0.6) is 0 Å². The first-order chi connectivity index (χ1) is 28.2. The number of aromatic nitrogens is 4.